The largest absolute Gasteiger partial charge is 0.472 e. The van der Waals surface area contributed by atoms with Gasteiger partial charge in [0.2, 0.25) is 5.88 Å². The summed E-state index contributed by atoms with van der Waals surface area (Å²) in [4.78, 5) is 28.7. The molecule has 0 saturated heterocycles. The van der Waals surface area contributed by atoms with E-state index in [9.17, 15) is 9.59 Å². The van der Waals surface area contributed by atoms with Crippen molar-refractivity contribution in [2.24, 2.45) is 11.8 Å². The number of hydrogen-bond donors (Lipinski definition) is 1. The third-order valence-corrected chi connectivity index (χ3v) is 5.86. The topological polar surface area (TPSA) is 64.1 Å². The molecule has 2 heterocycles. The molecule has 1 aliphatic carbocycles. The number of aromatic amines is 1. The summed E-state index contributed by atoms with van der Waals surface area (Å²) >= 11 is 0. The number of nitrogens with one attached hydrogen (secondary N) is 1. The van der Waals surface area contributed by atoms with Crippen LogP contribution in [0, 0.1) is 11.8 Å². The lowest BCUT2D eigenvalue weighted by atomic mass is 9.65. The third kappa shape index (κ3) is 2.53. The Morgan fingerprint density at radius 2 is 1.88 bits per heavy atom. The minimum atomic E-state index is -0.451. The molecule has 25 heavy (non-hydrogen) atoms. The van der Waals surface area contributed by atoms with E-state index in [2.05, 4.69) is 25.8 Å². The number of H-pyrrole nitrogens is 1. The second-order valence-electron chi connectivity index (χ2n) is 7.99. The second kappa shape index (κ2) is 5.61. The molecule has 5 nitrogen and oxygen atoms in total. The maximum atomic E-state index is 13.3. The first kappa shape index (κ1) is 16.2. The van der Waals surface area contributed by atoms with Gasteiger partial charge in [-0.05, 0) is 44.7 Å². The molecule has 1 N–H and O–H groups in total. The Bertz CT molecular complexity index is 911. The lowest BCUT2D eigenvalue weighted by Gasteiger charge is -2.47. The van der Waals surface area contributed by atoms with Gasteiger partial charge in [-0.3, -0.25) is 9.78 Å². The summed E-state index contributed by atoms with van der Waals surface area (Å²) in [6.45, 7) is 6.36. The van der Waals surface area contributed by atoms with E-state index in [0.717, 1.165) is 19.3 Å². The number of benzene rings is 1. The molecule has 1 aliphatic heterocycles. The molecule has 132 valence electrons. The van der Waals surface area contributed by atoms with Gasteiger partial charge in [0.05, 0.1) is 11.3 Å². The highest BCUT2D eigenvalue weighted by atomic mass is 16.5. The predicted molar refractivity (Wildman–Crippen MR) is 96.6 cm³/mol. The van der Waals surface area contributed by atoms with Crippen LogP contribution in [0.1, 0.15) is 51.5 Å². The highest BCUT2D eigenvalue weighted by Gasteiger charge is 2.48. The average molecular weight is 340 g/mol. The maximum absolute atomic E-state index is 13.3. The lowest BCUT2D eigenvalue weighted by Crippen LogP contribution is -2.51. The van der Waals surface area contributed by atoms with Crippen molar-refractivity contribution >= 4 is 0 Å². The van der Waals surface area contributed by atoms with Gasteiger partial charge in [0, 0.05) is 11.8 Å². The maximum Gasteiger partial charge on any atom is 0.335 e. The quantitative estimate of drug-likeness (QED) is 0.867. The molecule has 3 atom stereocenters. The minimum absolute atomic E-state index is 0.127. The fraction of sp³-hybridized carbons (Fsp3) is 0.500. The number of rotatable bonds is 1. The number of hydrogen-bond acceptors (Lipinski definition) is 3. The predicted octanol–water partition coefficient (Wildman–Crippen LogP) is 3.22. The Morgan fingerprint density at radius 1 is 1.16 bits per heavy atom. The van der Waals surface area contributed by atoms with Gasteiger partial charge in [-0.2, -0.15) is 0 Å². The van der Waals surface area contributed by atoms with Crippen molar-refractivity contribution in [3.63, 3.8) is 0 Å². The summed E-state index contributed by atoms with van der Waals surface area (Å²) in [5.41, 5.74) is 0.144. The molecule has 5 heteroatoms. The van der Waals surface area contributed by atoms with E-state index in [1.807, 2.05) is 18.2 Å². The zero-order valence-corrected chi connectivity index (χ0v) is 14.9. The lowest BCUT2D eigenvalue weighted by molar-refractivity contribution is -0.0190. The first-order chi connectivity index (χ1) is 11.9. The van der Waals surface area contributed by atoms with Crippen molar-refractivity contribution in [1.29, 1.82) is 0 Å². The second-order valence-corrected chi connectivity index (χ2v) is 7.99. The number of fused-ring (bicyclic) bond motifs is 3. The summed E-state index contributed by atoms with van der Waals surface area (Å²) in [7, 11) is 0. The molecule has 0 unspecified atom stereocenters. The van der Waals surface area contributed by atoms with Crippen LogP contribution in [0.15, 0.2) is 39.9 Å². The van der Waals surface area contributed by atoms with E-state index >= 15 is 0 Å². The van der Waals surface area contributed by atoms with Crippen LogP contribution in [0.4, 0.5) is 0 Å². The van der Waals surface area contributed by atoms with Crippen molar-refractivity contribution < 1.29 is 4.74 Å². The van der Waals surface area contributed by atoms with E-state index in [0.29, 0.717) is 29.0 Å². The van der Waals surface area contributed by atoms with Gasteiger partial charge in [0.25, 0.3) is 5.56 Å². The summed E-state index contributed by atoms with van der Waals surface area (Å²) in [6.07, 6.45) is 3.15. The van der Waals surface area contributed by atoms with E-state index in [1.165, 1.54) is 4.57 Å². The summed E-state index contributed by atoms with van der Waals surface area (Å²) < 4.78 is 7.34. The molecule has 2 aromatic rings. The third-order valence-electron chi connectivity index (χ3n) is 5.86. The molecule has 0 spiro atoms. The number of aromatic nitrogens is 2. The zero-order chi connectivity index (χ0) is 17.8. The molecule has 1 aromatic carbocycles. The molecule has 1 fully saturated rings. The van der Waals surface area contributed by atoms with Crippen molar-refractivity contribution in [3.8, 4) is 11.6 Å². The van der Waals surface area contributed by atoms with Gasteiger partial charge >= 0.3 is 5.69 Å². The van der Waals surface area contributed by atoms with Gasteiger partial charge < -0.3 is 4.74 Å². The summed E-state index contributed by atoms with van der Waals surface area (Å²) in [5, 5.41) is 0. The van der Waals surface area contributed by atoms with Crippen molar-refractivity contribution in [3.05, 3.63) is 56.7 Å². The van der Waals surface area contributed by atoms with Crippen LogP contribution in [0.2, 0.25) is 0 Å². The molecule has 0 bridgehead atoms. The monoisotopic (exact) mass is 340 g/mol. The first-order valence-electron chi connectivity index (χ1n) is 9.02. The normalized spacial score (nSPS) is 27.1. The minimum Gasteiger partial charge on any atom is -0.472 e. The number of para-hydroxylation sites is 1. The summed E-state index contributed by atoms with van der Waals surface area (Å²) in [6, 6.07) is 9.07. The first-order valence-corrected chi connectivity index (χ1v) is 9.02. The van der Waals surface area contributed by atoms with Crippen LogP contribution in [0.25, 0.3) is 5.69 Å². The van der Waals surface area contributed by atoms with Gasteiger partial charge in [-0.15, -0.1) is 0 Å². The van der Waals surface area contributed by atoms with Gasteiger partial charge in [0.1, 0.15) is 5.60 Å². The molecular formula is C20H24N2O3. The Balaban J connectivity index is 1.95. The fourth-order valence-corrected chi connectivity index (χ4v) is 4.62. The smallest absolute Gasteiger partial charge is 0.335 e. The van der Waals surface area contributed by atoms with E-state index < -0.39 is 5.69 Å². The Kier molecular flexibility index (Phi) is 3.63. The Morgan fingerprint density at radius 3 is 2.60 bits per heavy atom. The van der Waals surface area contributed by atoms with Crippen LogP contribution in [-0.2, 0) is 0 Å². The standard InChI is InChI=1S/C20H24N2O3/c1-12-9-10-15-14(11-12)16-17(25-20(15,2)3)21-19(24)22(18(16)23)13-7-5-4-6-8-13/h4-8,12,14-15H,9-11H2,1-3H3,(H,21,24)/t12-,14+,15-/m0/s1. The number of nitrogens with zero attached hydrogens (tertiary/aromatic N) is 1. The fourth-order valence-electron chi connectivity index (χ4n) is 4.62. The highest BCUT2D eigenvalue weighted by molar-refractivity contribution is 5.38. The van der Waals surface area contributed by atoms with E-state index in [4.69, 9.17) is 4.74 Å². The Hall–Kier alpha value is -2.30. The van der Waals surface area contributed by atoms with Gasteiger partial charge in [-0.25, -0.2) is 9.36 Å². The molecular weight excluding hydrogens is 316 g/mol. The zero-order valence-electron chi connectivity index (χ0n) is 14.9. The van der Waals surface area contributed by atoms with E-state index in [1.54, 1.807) is 12.1 Å². The van der Waals surface area contributed by atoms with Crippen molar-refractivity contribution in [1.82, 2.24) is 9.55 Å². The average Bonchev–Trinajstić information content (AvgIpc) is 2.54. The molecule has 2 aliphatic rings. The number of ether oxygens (including phenoxy) is 1. The summed E-state index contributed by atoms with van der Waals surface area (Å²) in [5.74, 6) is 1.35. The van der Waals surface area contributed by atoms with Crippen LogP contribution in [0.5, 0.6) is 5.88 Å². The molecule has 1 aromatic heterocycles. The van der Waals surface area contributed by atoms with Crippen LogP contribution in [-0.4, -0.2) is 15.2 Å². The van der Waals surface area contributed by atoms with E-state index in [-0.39, 0.29) is 17.1 Å². The van der Waals surface area contributed by atoms with Crippen molar-refractivity contribution in [2.45, 2.75) is 51.6 Å². The van der Waals surface area contributed by atoms with Crippen LogP contribution < -0.4 is 16.0 Å². The van der Waals surface area contributed by atoms with Crippen molar-refractivity contribution in [2.75, 3.05) is 0 Å². The molecule has 0 amide bonds. The molecule has 4 rings (SSSR count). The SMILES string of the molecule is C[C@H]1CC[C@H]2[C@@H](C1)c1c([nH]c(=O)n(-c3ccccc3)c1=O)OC2(C)C. The van der Waals surface area contributed by atoms with Crippen LogP contribution in [0.3, 0.4) is 0 Å². The van der Waals surface area contributed by atoms with Gasteiger partial charge in [0.15, 0.2) is 0 Å². The van der Waals surface area contributed by atoms with Gasteiger partial charge in [-0.1, -0.05) is 31.5 Å². The molecule has 0 radical (unpaired) electrons. The Labute approximate surface area is 146 Å². The highest BCUT2D eigenvalue weighted by Crippen LogP contribution is 2.50. The van der Waals surface area contributed by atoms with Crippen LogP contribution >= 0.6 is 0 Å². The molecule has 1 saturated carbocycles.